The van der Waals surface area contributed by atoms with Crippen molar-refractivity contribution in [3.63, 3.8) is 0 Å². The molecular formula is C17H23NOS. The lowest BCUT2D eigenvalue weighted by molar-refractivity contribution is 0.183. The van der Waals surface area contributed by atoms with E-state index in [1.165, 1.54) is 16.0 Å². The lowest BCUT2D eigenvalue weighted by Crippen LogP contribution is -2.28. The zero-order valence-corrected chi connectivity index (χ0v) is 13.4. The molecule has 2 atom stereocenters. The third-order valence-corrected chi connectivity index (χ3v) is 4.53. The number of hydrogen-bond donors (Lipinski definition) is 1. The highest BCUT2D eigenvalue weighted by molar-refractivity contribution is 7.10. The van der Waals surface area contributed by atoms with Crippen molar-refractivity contribution >= 4 is 11.3 Å². The Bertz CT molecular complexity index is 542. The molecule has 0 saturated heterocycles. The summed E-state index contributed by atoms with van der Waals surface area (Å²) in [6.45, 7) is 8.48. The summed E-state index contributed by atoms with van der Waals surface area (Å²) >= 11 is 1.71. The monoisotopic (exact) mass is 289 g/mol. The number of ether oxygens (including phenoxy) is 1. The van der Waals surface area contributed by atoms with Gasteiger partial charge in [0.2, 0.25) is 0 Å². The van der Waals surface area contributed by atoms with Gasteiger partial charge < -0.3 is 10.5 Å². The maximum absolute atomic E-state index is 6.12. The Morgan fingerprint density at radius 2 is 1.70 bits per heavy atom. The molecule has 0 aliphatic carbocycles. The minimum atomic E-state index is -0.0834. The Kier molecular flexibility index (Phi) is 4.84. The summed E-state index contributed by atoms with van der Waals surface area (Å²) in [6.07, 6.45) is -0.0834. The average molecular weight is 289 g/mol. The first-order valence-corrected chi connectivity index (χ1v) is 7.93. The molecule has 0 saturated carbocycles. The van der Waals surface area contributed by atoms with Gasteiger partial charge in [0.1, 0.15) is 11.9 Å². The first kappa shape index (κ1) is 15.1. The highest BCUT2D eigenvalue weighted by Gasteiger charge is 2.21. The maximum atomic E-state index is 6.12. The minimum Gasteiger partial charge on any atom is -0.483 e. The molecule has 2 nitrogen and oxygen atoms in total. The molecule has 1 aromatic carbocycles. The van der Waals surface area contributed by atoms with Gasteiger partial charge in [0, 0.05) is 10.9 Å². The fourth-order valence-corrected chi connectivity index (χ4v) is 3.22. The van der Waals surface area contributed by atoms with E-state index in [1.54, 1.807) is 11.3 Å². The predicted molar refractivity (Wildman–Crippen MR) is 86.6 cm³/mol. The lowest BCUT2D eigenvalue weighted by Gasteiger charge is -2.22. The summed E-state index contributed by atoms with van der Waals surface area (Å²) in [5, 5.41) is 2.09. The van der Waals surface area contributed by atoms with E-state index >= 15 is 0 Å². The first-order chi connectivity index (χ1) is 9.49. The quantitative estimate of drug-likeness (QED) is 0.869. The van der Waals surface area contributed by atoms with Gasteiger partial charge in [-0.2, -0.15) is 0 Å². The SMILES string of the molecule is Cc1ccsc1C(Oc1ccc(C(C)C)cc1)C(C)N. The van der Waals surface area contributed by atoms with Crippen LogP contribution in [0, 0.1) is 6.92 Å². The fourth-order valence-electron chi connectivity index (χ4n) is 2.15. The van der Waals surface area contributed by atoms with Crippen molar-refractivity contribution < 1.29 is 4.74 Å². The van der Waals surface area contributed by atoms with E-state index in [9.17, 15) is 0 Å². The third kappa shape index (κ3) is 3.41. The number of benzene rings is 1. The van der Waals surface area contributed by atoms with Crippen molar-refractivity contribution in [3.05, 3.63) is 51.7 Å². The van der Waals surface area contributed by atoms with Gasteiger partial charge in [-0.1, -0.05) is 26.0 Å². The molecule has 2 N–H and O–H groups in total. The Morgan fingerprint density at radius 3 is 2.15 bits per heavy atom. The van der Waals surface area contributed by atoms with Gasteiger partial charge >= 0.3 is 0 Å². The molecule has 3 heteroatoms. The van der Waals surface area contributed by atoms with E-state index in [2.05, 4.69) is 44.4 Å². The van der Waals surface area contributed by atoms with Gasteiger partial charge in [-0.25, -0.2) is 0 Å². The summed E-state index contributed by atoms with van der Waals surface area (Å²) in [6, 6.07) is 10.4. The molecule has 2 aromatic rings. The van der Waals surface area contributed by atoms with Crippen LogP contribution in [0.25, 0.3) is 0 Å². The van der Waals surface area contributed by atoms with E-state index in [1.807, 2.05) is 19.1 Å². The van der Waals surface area contributed by atoms with Crippen LogP contribution in [0.15, 0.2) is 35.7 Å². The molecule has 0 radical (unpaired) electrons. The molecule has 2 unspecified atom stereocenters. The topological polar surface area (TPSA) is 35.2 Å². The van der Waals surface area contributed by atoms with Crippen LogP contribution in [0.5, 0.6) is 5.75 Å². The zero-order chi connectivity index (χ0) is 14.7. The van der Waals surface area contributed by atoms with Crippen LogP contribution in [0.3, 0.4) is 0 Å². The van der Waals surface area contributed by atoms with E-state index in [0.717, 1.165) is 5.75 Å². The van der Waals surface area contributed by atoms with Gasteiger partial charge in [-0.3, -0.25) is 0 Å². The molecule has 0 fully saturated rings. The number of nitrogens with two attached hydrogens (primary N) is 1. The van der Waals surface area contributed by atoms with Crippen molar-refractivity contribution in [1.82, 2.24) is 0 Å². The first-order valence-electron chi connectivity index (χ1n) is 7.05. The predicted octanol–water partition coefficient (Wildman–Crippen LogP) is 4.65. The molecule has 0 spiro atoms. The second kappa shape index (κ2) is 6.42. The highest BCUT2D eigenvalue weighted by atomic mass is 32.1. The second-order valence-electron chi connectivity index (χ2n) is 5.59. The molecule has 0 amide bonds. The largest absolute Gasteiger partial charge is 0.483 e. The number of thiophene rings is 1. The van der Waals surface area contributed by atoms with Gasteiger partial charge in [0.05, 0.1) is 0 Å². The van der Waals surface area contributed by atoms with Crippen LogP contribution in [0.2, 0.25) is 0 Å². The van der Waals surface area contributed by atoms with Crippen LogP contribution in [-0.2, 0) is 0 Å². The number of hydrogen-bond acceptors (Lipinski definition) is 3. The van der Waals surface area contributed by atoms with E-state index in [0.29, 0.717) is 5.92 Å². The van der Waals surface area contributed by atoms with Crippen molar-refractivity contribution in [1.29, 1.82) is 0 Å². The Labute approximate surface area is 125 Å². The van der Waals surface area contributed by atoms with Crippen molar-refractivity contribution in [2.24, 2.45) is 5.73 Å². The van der Waals surface area contributed by atoms with E-state index in [-0.39, 0.29) is 12.1 Å². The van der Waals surface area contributed by atoms with Crippen LogP contribution in [0.1, 0.15) is 48.8 Å². The Hall–Kier alpha value is -1.32. The van der Waals surface area contributed by atoms with Gasteiger partial charge in [-0.05, 0) is 54.5 Å². The Morgan fingerprint density at radius 1 is 1.05 bits per heavy atom. The highest BCUT2D eigenvalue weighted by Crippen LogP contribution is 2.31. The molecule has 1 heterocycles. The fraction of sp³-hybridized carbons (Fsp3) is 0.412. The van der Waals surface area contributed by atoms with Crippen LogP contribution in [0.4, 0.5) is 0 Å². The molecule has 2 rings (SSSR count). The maximum Gasteiger partial charge on any atom is 0.148 e. The van der Waals surface area contributed by atoms with Crippen molar-refractivity contribution in [3.8, 4) is 5.75 Å². The van der Waals surface area contributed by atoms with Crippen molar-refractivity contribution in [2.45, 2.75) is 45.8 Å². The lowest BCUT2D eigenvalue weighted by atomic mass is 10.0. The van der Waals surface area contributed by atoms with Crippen LogP contribution in [-0.4, -0.2) is 6.04 Å². The minimum absolute atomic E-state index is 0.0443. The van der Waals surface area contributed by atoms with Gasteiger partial charge in [0.25, 0.3) is 0 Å². The molecule has 108 valence electrons. The van der Waals surface area contributed by atoms with E-state index < -0.39 is 0 Å². The molecule has 1 aromatic heterocycles. The summed E-state index contributed by atoms with van der Waals surface area (Å²) in [7, 11) is 0. The standard InChI is InChI=1S/C17H23NOS/c1-11(2)14-5-7-15(8-6-14)19-16(13(4)18)17-12(3)9-10-20-17/h5-11,13,16H,18H2,1-4H3. The number of rotatable bonds is 5. The zero-order valence-electron chi connectivity index (χ0n) is 12.6. The van der Waals surface area contributed by atoms with Gasteiger partial charge in [-0.15, -0.1) is 11.3 Å². The molecule has 0 aliphatic heterocycles. The van der Waals surface area contributed by atoms with Crippen LogP contribution >= 0.6 is 11.3 Å². The normalized spacial score (nSPS) is 14.3. The van der Waals surface area contributed by atoms with Crippen LogP contribution < -0.4 is 10.5 Å². The molecule has 0 aliphatic rings. The summed E-state index contributed by atoms with van der Waals surface area (Å²) in [5.74, 6) is 1.41. The Balaban J connectivity index is 2.19. The molecular weight excluding hydrogens is 266 g/mol. The summed E-state index contributed by atoms with van der Waals surface area (Å²) in [4.78, 5) is 1.22. The van der Waals surface area contributed by atoms with Gasteiger partial charge in [0.15, 0.2) is 0 Å². The number of aryl methyl sites for hydroxylation is 1. The van der Waals surface area contributed by atoms with Crippen molar-refractivity contribution in [2.75, 3.05) is 0 Å². The second-order valence-corrected chi connectivity index (χ2v) is 6.54. The average Bonchev–Trinajstić information content (AvgIpc) is 2.82. The summed E-state index contributed by atoms with van der Waals surface area (Å²) < 4.78 is 6.12. The third-order valence-electron chi connectivity index (χ3n) is 3.45. The molecule has 20 heavy (non-hydrogen) atoms. The summed E-state index contributed by atoms with van der Waals surface area (Å²) in [5.41, 5.74) is 8.67. The molecule has 0 bridgehead atoms. The van der Waals surface area contributed by atoms with E-state index in [4.69, 9.17) is 10.5 Å². The smallest absolute Gasteiger partial charge is 0.148 e.